The van der Waals surface area contributed by atoms with Crippen molar-refractivity contribution in [3.8, 4) is 5.69 Å². The Hall–Kier alpha value is -2.84. The zero-order valence-corrected chi connectivity index (χ0v) is 13.1. The highest BCUT2D eigenvalue weighted by atomic mass is 19.4. The van der Waals surface area contributed by atoms with Gasteiger partial charge in [0.1, 0.15) is 5.82 Å². The van der Waals surface area contributed by atoms with Gasteiger partial charge in [0.05, 0.1) is 18.4 Å². The molecule has 0 unspecified atom stereocenters. The molecule has 0 aliphatic carbocycles. The number of methoxy groups -OCH3 is 1. The molecule has 0 spiro atoms. The Kier molecular flexibility index (Phi) is 4.63. The Morgan fingerprint density at radius 2 is 1.79 bits per heavy atom. The fourth-order valence-electron chi connectivity index (χ4n) is 1.96. The molecule has 0 saturated heterocycles. The number of benzene rings is 1. The normalized spacial score (nSPS) is 11.2. The van der Waals surface area contributed by atoms with Crippen LogP contribution in [-0.2, 0) is 15.7 Å². The number of carbonyl (C=O) groups excluding carboxylic acids is 2. The standard InChI is InChI=1S/C15H14F3N3O3/c1-9(22)20(2)13-8-12(15(16,17)18)19-21(13)11-6-4-10(5-7-11)14(23)24-3/h4-8H,1-3H3. The van der Waals surface area contributed by atoms with Crippen molar-refractivity contribution in [2.24, 2.45) is 0 Å². The summed E-state index contributed by atoms with van der Waals surface area (Å²) in [4.78, 5) is 24.0. The van der Waals surface area contributed by atoms with Gasteiger partial charge in [-0.2, -0.15) is 18.3 Å². The van der Waals surface area contributed by atoms with E-state index in [9.17, 15) is 22.8 Å². The number of esters is 1. The summed E-state index contributed by atoms with van der Waals surface area (Å²) in [5, 5.41) is 3.53. The summed E-state index contributed by atoms with van der Waals surface area (Å²) < 4.78 is 44.4. The summed E-state index contributed by atoms with van der Waals surface area (Å²) in [7, 11) is 2.57. The minimum absolute atomic E-state index is 0.0411. The topological polar surface area (TPSA) is 64.4 Å². The lowest BCUT2D eigenvalue weighted by molar-refractivity contribution is -0.141. The number of amides is 1. The van der Waals surface area contributed by atoms with Crippen LogP contribution < -0.4 is 4.90 Å². The lowest BCUT2D eigenvalue weighted by atomic mass is 10.2. The van der Waals surface area contributed by atoms with Crippen LogP contribution in [0.2, 0.25) is 0 Å². The van der Waals surface area contributed by atoms with E-state index in [-0.39, 0.29) is 17.1 Å². The van der Waals surface area contributed by atoms with E-state index in [0.717, 1.165) is 15.6 Å². The van der Waals surface area contributed by atoms with Gasteiger partial charge >= 0.3 is 12.1 Å². The Labute approximate surface area is 135 Å². The van der Waals surface area contributed by atoms with E-state index in [0.29, 0.717) is 0 Å². The first-order valence-corrected chi connectivity index (χ1v) is 6.75. The Morgan fingerprint density at radius 1 is 1.21 bits per heavy atom. The van der Waals surface area contributed by atoms with Crippen molar-refractivity contribution in [1.29, 1.82) is 0 Å². The van der Waals surface area contributed by atoms with Gasteiger partial charge in [0.15, 0.2) is 5.69 Å². The van der Waals surface area contributed by atoms with Crippen LogP contribution in [0.15, 0.2) is 30.3 Å². The van der Waals surface area contributed by atoms with Crippen LogP contribution in [-0.4, -0.2) is 35.8 Å². The number of anilines is 1. The maximum absolute atomic E-state index is 12.9. The van der Waals surface area contributed by atoms with Crippen molar-refractivity contribution in [2.45, 2.75) is 13.1 Å². The summed E-state index contributed by atoms with van der Waals surface area (Å²) in [6.07, 6.45) is -4.65. The van der Waals surface area contributed by atoms with Gasteiger partial charge < -0.3 is 9.64 Å². The Balaban J connectivity index is 2.53. The van der Waals surface area contributed by atoms with Crippen molar-refractivity contribution in [1.82, 2.24) is 9.78 Å². The van der Waals surface area contributed by atoms with Crippen LogP contribution in [0.4, 0.5) is 19.0 Å². The van der Waals surface area contributed by atoms with Gasteiger partial charge in [0.2, 0.25) is 5.91 Å². The molecule has 0 saturated carbocycles. The molecule has 2 rings (SSSR count). The molecule has 1 heterocycles. The predicted octanol–water partition coefficient (Wildman–Crippen LogP) is 2.66. The number of halogens is 3. The molecule has 6 nitrogen and oxygen atoms in total. The first-order valence-electron chi connectivity index (χ1n) is 6.75. The smallest absolute Gasteiger partial charge is 0.435 e. The first-order chi connectivity index (χ1) is 11.1. The van der Waals surface area contributed by atoms with E-state index < -0.39 is 23.7 Å². The maximum Gasteiger partial charge on any atom is 0.435 e. The third kappa shape index (κ3) is 3.39. The van der Waals surface area contributed by atoms with E-state index >= 15 is 0 Å². The molecule has 2 aromatic rings. The summed E-state index contributed by atoms with van der Waals surface area (Å²) in [5.41, 5.74) is -0.616. The van der Waals surface area contributed by atoms with Gasteiger partial charge in [0, 0.05) is 20.0 Å². The fourth-order valence-corrected chi connectivity index (χ4v) is 1.96. The minimum Gasteiger partial charge on any atom is -0.465 e. The molecule has 0 bridgehead atoms. The zero-order valence-electron chi connectivity index (χ0n) is 13.1. The van der Waals surface area contributed by atoms with Crippen LogP contribution in [0.3, 0.4) is 0 Å². The molecule has 0 radical (unpaired) electrons. The number of carbonyl (C=O) groups is 2. The van der Waals surface area contributed by atoms with Gasteiger partial charge in [-0.3, -0.25) is 4.79 Å². The van der Waals surface area contributed by atoms with Crippen LogP contribution in [0.25, 0.3) is 5.69 Å². The molecule has 128 valence electrons. The summed E-state index contributed by atoms with van der Waals surface area (Å²) in [6.45, 7) is 1.23. The summed E-state index contributed by atoms with van der Waals surface area (Å²) >= 11 is 0. The highest BCUT2D eigenvalue weighted by molar-refractivity contribution is 5.91. The fraction of sp³-hybridized carbons (Fsp3) is 0.267. The van der Waals surface area contributed by atoms with Crippen molar-refractivity contribution < 1.29 is 27.5 Å². The van der Waals surface area contributed by atoms with E-state index in [1.165, 1.54) is 45.3 Å². The van der Waals surface area contributed by atoms with E-state index in [2.05, 4.69) is 9.84 Å². The van der Waals surface area contributed by atoms with Gasteiger partial charge in [-0.15, -0.1) is 0 Å². The number of ether oxygens (including phenoxy) is 1. The molecule has 24 heavy (non-hydrogen) atoms. The summed E-state index contributed by atoms with van der Waals surface area (Å²) in [6, 6.07) is 6.41. The second-order valence-corrected chi connectivity index (χ2v) is 4.91. The lowest BCUT2D eigenvalue weighted by Crippen LogP contribution is -2.25. The third-order valence-electron chi connectivity index (χ3n) is 3.33. The molecule has 0 atom stereocenters. The number of alkyl halides is 3. The SMILES string of the molecule is COC(=O)c1ccc(-n2nc(C(F)(F)F)cc2N(C)C(C)=O)cc1. The quantitative estimate of drug-likeness (QED) is 0.805. The molecule has 0 aliphatic rings. The van der Waals surface area contributed by atoms with Crippen LogP contribution in [0.5, 0.6) is 0 Å². The second-order valence-electron chi connectivity index (χ2n) is 4.91. The number of hydrogen-bond acceptors (Lipinski definition) is 4. The molecular weight excluding hydrogens is 327 g/mol. The van der Waals surface area contributed by atoms with Crippen molar-refractivity contribution in [2.75, 3.05) is 19.1 Å². The molecule has 0 fully saturated rings. The highest BCUT2D eigenvalue weighted by Gasteiger charge is 2.36. The van der Waals surface area contributed by atoms with Crippen LogP contribution >= 0.6 is 0 Å². The molecule has 1 amide bonds. The van der Waals surface area contributed by atoms with Crippen LogP contribution in [0, 0.1) is 0 Å². The average molecular weight is 341 g/mol. The summed E-state index contributed by atoms with van der Waals surface area (Å²) in [5.74, 6) is -1.06. The molecule has 1 aromatic carbocycles. The van der Waals surface area contributed by atoms with E-state index in [1.807, 2.05) is 0 Å². The van der Waals surface area contributed by atoms with Gasteiger partial charge in [0.25, 0.3) is 0 Å². The van der Waals surface area contributed by atoms with Gasteiger partial charge in [-0.25, -0.2) is 9.48 Å². The van der Waals surface area contributed by atoms with Gasteiger partial charge in [-0.05, 0) is 24.3 Å². The average Bonchev–Trinajstić information content (AvgIpc) is 2.98. The molecule has 0 aliphatic heterocycles. The number of hydrogen-bond donors (Lipinski definition) is 0. The molecule has 9 heteroatoms. The largest absolute Gasteiger partial charge is 0.465 e. The molecular formula is C15H14F3N3O3. The lowest BCUT2D eigenvalue weighted by Gasteiger charge is -2.16. The first kappa shape index (κ1) is 17.5. The third-order valence-corrected chi connectivity index (χ3v) is 3.33. The van der Waals surface area contributed by atoms with E-state index in [4.69, 9.17) is 0 Å². The molecule has 0 N–H and O–H groups in total. The Bertz CT molecular complexity index is 767. The van der Waals surface area contributed by atoms with Crippen molar-refractivity contribution >= 4 is 17.7 Å². The number of rotatable bonds is 3. The van der Waals surface area contributed by atoms with Crippen molar-refractivity contribution in [3.05, 3.63) is 41.6 Å². The molecule has 1 aromatic heterocycles. The predicted molar refractivity (Wildman–Crippen MR) is 79.0 cm³/mol. The Morgan fingerprint density at radius 3 is 2.25 bits per heavy atom. The zero-order chi connectivity index (χ0) is 18.1. The van der Waals surface area contributed by atoms with Crippen molar-refractivity contribution in [3.63, 3.8) is 0 Å². The highest BCUT2D eigenvalue weighted by Crippen LogP contribution is 2.32. The number of aromatic nitrogens is 2. The van der Waals surface area contributed by atoms with Gasteiger partial charge in [-0.1, -0.05) is 0 Å². The van der Waals surface area contributed by atoms with E-state index in [1.54, 1.807) is 0 Å². The second kappa shape index (κ2) is 6.34. The maximum atomic E-state index is 12.9. The van der Waals surface area contributed by atoms with Crippen LogP contribution in [0.1, 0.15) is 23.0 Å². The number of nitrogens with zero attached hydrogens (tertiary/aromatic N) is 3. The monoisotopic (exact) mass is 341 g/mol. The minimum atomic E-state index is -4.65.